The molecule has 0 saturated heterocycles. The van der Waals surface area contributed by atoms with Gasteiger partial charge in [-0.05, 0) is 18.5 Å². The van der Waals surface area contributed by atoms with Crippen LogP contribution in [0.2, 0.25) is 0 Å². The van der Waals surface area contributed by atoms with Crippen molar-refractivity contribution >= 4 is 10.9 Å². The summed E-state index contributed by atoms with van der Waals surface area (Å²) < 4.78 is 13.6. The summed E-state index contributed by atoms with van der Waals surface area (Å²) in [7, 11) is 0. The number of aromatic nitrogens is 1. The molecule has 0 saturated carbocycles. The van der Waals surface area contributed by atoms with Gasteiger partial charge in [-0.15, -0.1) is 0 Å². The maximum Gasteiger partial charge on any atom is 0.194 e. The second-order valence-corrected chi connectivity index (χ2v) is 3.33. The maximum atomic E-state index is 13.6. The topological polar surface area (TPSA) is 82.3 Å². The summed E-state index contributed by atoms with van der Waals surface area (Å²) in [6, 6.07) is 1.29. The van der Waals surface area contributed by atoms with E-state index in [2.05, 4.69) is 4.98 Å². The van der Waals surface area contributed by atoms with Gasteiger partial charge in [-0.3, -0.25) is 0 Å². The van der Waals surface area contributed by atoms with Crippen LogP contribution in [0.15, 0.2) is 12.3 Å². The summed E-state index contributed by atoms with van der Waals surface area (Å²) in [6.07, 6.45) is 2.14. The van der Waals surface area contributed by atoms with Gasteiger partial charge in [-0.2, -0.15) is 0 Å². The lowest BCUT2D eigenvalue weighted by Gasteiger charge is -2.02. The second kappa shape index (κ2) is 3.43. The van der Waals surface area contributed by atoms with Crippen LogP contribution < -0.4 is 5.73 Å². The van der Waals surface area contributed by atoms with Gasteiger partial charge < -0.3 is 20.9 Å². The summed E-state index contributed by atoms with van der Waals surface area (Å²) >= 11 is 0. The molecule has 0 atom stereocenters. The highest BCUT2D eigenvalue weighted by molar-refractivity contribution is 5.87. The highest BCUT2D eigenvalue weighted by atomic mass is 19.1. The van der Waals surface area contributed by atoms with E-state index < -0.39 is 17.3 Å². The molecule has 80 valence electrons. The molecular formula is C10H11FN2O2. The number of fused-ring (bicyclic) bond motifs is 1. The number of aromatic hydroxyl groups is 2. The van der Waals surface area contributed by atoms with Gasteiger partial charge in [0.25, 0.3) is 0 Å². The van der Waals surface area contributed by atoms with Crippen LogP contribution in [-0.4, -0.2) is 21.7 Å². The van der Waals surface area contributed by atoms with Crippen molar-refractivity contribution in [3.8, 4) is 11.5 Å². The van der Waals surface area contributed by atoms with Gasteiger partial charge in [-0.1, -0.05) is 0 Å². The van der Waals surface area contributed by atoms with E-state index in [1.165, 1.54) is 6.07 Å². The Labute approximate surface area is 85.1 Å². The highest BCUT2D eigenvalue weighted by Gasteiger charge is 2.15. The van der Waals surface area contributed by atoms with E-state index in [1.54, 1.807) is 6.20 Å². The Hall–Kier alpha value is -1.75. The van der Waals surface area contributed by atoms with Gasteiger partial charge >= 0.3 is 0 Å². The summed E-state index contributed by atoms with van der Waals surface area (Å²) in [5.41, 5.74) is 6.53. The molecule has 0 aliphatic heterocycles. The van der Waals surface area contributed by atoms with Crippen LogP contribution in [-0.2, 0) is 6.42 Å². The number of halogens is 1. The molecule has 0 radical (unpaired) electrons. The SMILES string of the molecule is NCCc1c[nH]c2cc(O)c(O)c(F)c12. The van der Waals surface area contributed by atoms with Crippen LogP contribution >= 0.6 is 0 Å². The molecule has 0 fully saturated rings. The smallest absolute Gasteiger partial charge is 0.194 e. The standard InChI is InChI=1S/C10H11FN2O2/c11-9-8-5(1-2-12)4-13-6(8)3-7(14)10(9)15/h3-4,13-15H,1-2,12H2. The second-order valence-electron chi connectivity index (χ2n) is 3.33. The fourth-order valence-electron chi connectivity index (χ4n) is 1.64. The number of benzene rings is 1. The largest absolute Gasteiger partial charge is 0.504 e. The van der Waals surface area contributed by atoms with E-state index in [0.29, 0.717) is 24.0 Å². The molecule has 1 aromatic carbocycles. The number of nitrogens with two attached hydrogens (primary N) is 1. The third-order valence-corrected chi connectivity index (χ3v) is 2.36. The van der Waals surface area contributed by atoms with Gasteiger partial charge in [0.1, 0.15) is 0 Å². The molecule has 15 heavy (non-hydrogen) atoms. The molecule has 1 heterocycles. The lowest BCUT2D eigenvalue weighted by Crippen LogP contribution is -2.02. The first kappa shape index (κ1) is 9.79. The maximum absolute atomic E-state index is 13.6. The number of phenolic OH excluding ortho intramolecular Hbond substituents is 2. The number of rotatable bonds is 2. The molecule has 4 nitrogen and oxygen atoms in total. The van der Waals surface area contributed by atoms with Gasteiger partial charge in [0.05, 0.1) is 5.52 Å². The highest BCUT2D eigenvalue weighted by Crippen LogP contribution is 2.35. The van der Waals surface area contributed by atoms with E-state index in [-0.39, 0.29) is 5.39 Å². The number of hydrogen-bond donors (Lipinski definition) is 4. The van der Waals surface area contributed by atoms with Gasteiger partial charge in [0, 0.05) is 17.6 Å². The predicted octanol–water partition coefficient (Wildman–Crippen LogP) is 1.22. The number of phenols is 2. The monoisotopic (exact) mass is 210 g/mol. The van der Waals surface area contributed by atoms with Gasteiger partial charge in [0.15, 0.2) is 17.3 Å². The van der Waals surface area contributed by atoms with Crippen LogP contribution in [0, 0.1) is 5.82 Å². The number of H-pyrrole nitrogens is 1. The van der Waals surface area contributed by atoms with Crippen molar-refractivity contribution in [2.75, 3.05) is 6.54 Å². The minimum Gasteiger partial charge on any atom is -0.504 e. The normalized spacial score (nSPS) is 11.1. The van der Waals surface area contributed by atoms with Crippen LogP contribution in [0.1, 0.15) is 5.56 Å². The first-order chi connectivity index (χ1) is 7.15. The van der Waals surface area contributed by atoms with Crippen molar-refractivity contribution in [3.63, 3.8) is 0 Å². The molecular weight excluding hydrogens is 199 g/mol. The average Bonchev–Trinajstić information content (AvgIpc) is 2.59. The molecule has 0 aliphatic rings. The van der Waals surface area contributed by atoms with Gasteiger partial charge in [-0.25, -0.2) is 4.39 Å². The Morgan fingerprint density at radius 3 is 2.80 bits per heavy atom. The Kier molecular flexibility index (Phi) is 2.24. The summed E-state index contributed by atoms with van der Waals surface area (Å²) in [5, 5.41) is 18.7. The lowest BCUT2D eigenvalue weighted by atomic mass is 10.1. The zero-order valence-electron chi connectivity index (χ0n) is 7.92. The van der Waals surface area contributed by atoms with Crippen molar-refractivity contribution in [3.05, 3.63) is 23.6 Å². The number of aromatic amines is 1. The van der Waals surface area contributed by atoms with E-state index >= 15 is 0 Å². The minimum atomic E-state index is -0.810. The molecule has 0 aliphatic carbocycles. The summed E-state index contributed by atoms with van der Waals surface area (Å²) in [4.78, 5) is 2.82. The summed E-state index contributed by atoms with van der Waals surface area (Å²) in [5.74, 6) is -2.00. The average molecular weight is 210 g/mol. The zero-order chi connectivity index (χ0) is 11.0. The van der Waals surface area contributed by atoms with Crippen molar-refractivity contribution in [1.82, 2.24) is 4.98 Å². The Morgan fingerprint density at radius 1 is 1.40 bits per heavy atom. The quantitative estimate of drug-likeness (QED) is 0.562. The van der Waals surface area contributed by atoms with Crippen molar-refractivity contribution < 1.29 is 14.6 Å². The van der Waals surface area contributed by atoms with E-state index in [0.717, 1.165) is 0 Å². The Bertz CT molecular complexity index is 508. The third-order valence-electron chi connectivity index (χ3n) is 2.36. The Balaban J connectivity index is 2.74. The van der Waals surface area contributed by atoms with E-state index in [1.807, 2.05) is 0 Å². The van der Waals surface area contributed by atoms with Crippen LogP contribution in [0.5, 0.6) is 11.5 Å². The fraction of sp³-hybridized carbons (Fsp3) is 0.200. The molecule has 0 amide bonds. The molecule has 0 bridgehead atoms. The first-order valence-corrected chi connectivity index (χ1v) is 4.55. The molecule has 1 aromatic heterocycles. The van der Waals surface area contributed by atoms with Crippen molar-refractivity contribution in [2.24, 2.45) is 5.73 Å². The van der Waals surface area contributed by atoms with Crippen LogP contribution in [0.4, 0.5) is 4.39 Å². The molecule has 0 unspecified atom stereocenters. The third kappa shape index (κ3) is 1.41. The van der Waals surface area contributed by atoms with Crippen LogP contribution in [0.3, 0.4) is 0 Å². The lowest BCUT2D eigenvalue weighted by molar-refractivity contribution is 0.382. The molecule has 2 aromatic rings. The predicted molar refractivity (Wildman–Crippen MR) is 54.3 cm³/mol. The van der Waals surface area contributed by atoms with Crippen LogP contribution in [0.25, 0.3) is 10.9 Å². The minimum absolute atomic E-state index is 0.288. The fourth-order valence-corrected chi connectivity index (χ4v) is 1.64. The number of hydrogen-bond acceptors (Lipinski definition) is 3. The van der Waals surface area contributed by atoms with E-state index in [9.17, 15) is 14.6 Å². The van der Waals surface area contributed by atoms with Crippen molar-refractivity contribution in [1.29, 1.82) is 0 Å². The van der Waals surface area contributed by atoms with Gasteiger partial charge in [0.2, 0.25) is 0 Å². The molecule has 5 heteroatoms. The van der Waals surface area contributed by atoms with E-state index in [4.69, 9.17) is 5.73 Å². The first-order valence-electron chi connectivity index (χ1n) is 4.55. The zero-order valence-corrected chi connectivity index (χ0v) is 7.92. The Morgan fingerprint density at radius 2 is 2.13 bits per heavy atom. The van der Waals surface area contributed by atoms with Crippen molar-refractivity contribution in [2.45, 2.75) is 6.42 Å². The number of nitrogens with one attached hydrogen (secondary N) is 1. The molecule has 5 N–H and O–H groups in total. The molecule has 2 rings (SSSR count). The molecule has 0 spiro atoms. The summed E-state index contributed by atoms with van der Waals surface area (Å²) in [6.45, 7) is 0.397.